The molecule has 1 aromatic rings. The molecule has 106 valence electrons. The number of aliphatic hydroxyl groups excluding tert-OH is 1. The second-order valence-corrected chi connectivity index (χ2v) is 5.64. The van der Waals surface area contributed by atoms with Gasteiger partial charge in [-0.25, -0.2) is 0 Å². The monoisotopic (exact) mass is 263 g/mol. The molecule has 1 atom stereocenters. The zero-order chi connectivity index (χ0) is 13.5. The van der Waals surface area contributed by atoms with E-state index >= 15 is 0 Å². The highest BCUT2D eigenvalue weighted by atomic mass is 16.5. The topological polar surface area (TPSA) is 41.5 Å². The lowest BCUT2D eigenvalue weighted by atomic mass is 9.90. The van der Waals surface area contributed by atoms with Crippen molar-refractivity contribution in [2.75, 3.05) is 25.1 Å². The lowest BCUT2D eigenvalue weighted by molar-refractivity contribution is 0.0599. The third-order valence-corrected chi connectivity index (χ3v) is 3.84. The fraction of sp³-hybridized carbons (Fsp3) is 0.625. The minimum Gasteiger partial charge on any atom is -0.392 e. The van der Waals surface area contributed by atoms with Crippen molar-refractivity contribution in [2.24, 2.45) is 11.8 Å². The molecule has 19 heavy (non-hydrogen) atoms. The van der Waals surface area contributed by atoms with E-state index in [4.69, 9.17) is 9.84 Å². The summed E-state index contributed by atoms with van der Waals surface area (Å²) in [5.41, 5.74) is 2.06. The number of nitrogens with one attached hydrogen (secondary N) is 1. The Morgan fingerprint density at radius 3 is 2.89 bits per heavy atom. The van der Waals surface area contributed by atoms with Crippen LogP contribution in [0.2, 0.25) is 0 Å². The normalized spacial score (nSPS) is 18.2. The Morgan fingerprint density at radius 1 is 1.37 bits per heavy atom. The predicted octanol–water partition coefficient (Wildman–Crippen LogP) is 3.04. The zero-order valence-corrected chi connectivity index (χ0v) is 11.8. The van der Waals surface area contributed by atoms with Crippen LogP contribution in [0.15, 0.2) is 24.3 Å². The van der Waals surface area contributed by atoms with Crippen molar-refractivity contribution in [3.63, 3.8) is 0 Å². The first-order valence-electron chi connectivity index (χ1n) is 7.29. The Bertz CT molecular complexity index is 375. The molecule has 0 aromatic heterocycles. The minimum absolute atomic E-state index is 0.104. The molecule has 1 aliphatic rings. The molecule has 2 N–H and O–H groups in total. The van der Waals surface area contributed by atoms with Gasteiger partial charge in [0.15, 0.2) is 0 Å². The smallest absolute Gasteiger partial charge is 0.0682 e. The van der Waals surface area contributed by atoms with Crippen LogP contribution in [0.5, 0.6) is 0 Å². The second-order valence-electron chi connectivity index (χ2n) is 5.64. The number of hydrogen-bond donors (Lipinski definition) is 2. The molecule has 3 heteroatoms. The molecule has 2 rings (SSSR count). The van der Waals surface area contributed by atoms with Crippen LogP contribution in [0, 0.1) is 11.8 Å². The first kappa shape index (κ1) is 14.4. The highest BCUT2D eigenvalue weighted by molar-refractivity contribution is 5.45. The Balaban J connectivity index is 1.74. The van der Waals surface area contributed by atoms with E-state index in [2.05, 4.69) is 18.3 Å². The summed E-state index contributed by atoms with van der Waals surface area (Å²) in [5.74, 6) is 1.50. The number of ether oxygens (including phenoxy) is 1. The molecule has 0 unspecified atom stereocenters. The predicted molar refractivity (Wildman–Crippen MR) is 78.2 cm³/mol. The number of rotatable bonds is 6. The van der Waals surface area contributed by atoms with Crippen LogP contribution in [0.25, 0.3) is 0 Å². The Hall–Kier alpha value is -1.06. The maximum absolute atomic E-state index is 9.12. The number of benzene rings is 1. The second kappa shape index (κ2) is 7.51. The largest absolute Gasteiger partial charge is 0.392 e. The van der Waals surface area contributed by atoms with Crippen LogP contribution in [-0.2, 0) is 11.3 Å². The molecule has 1 saturated heterocycles. The van der Waals surface area contributed by atoms with Crippen LogP contribution in [0.4, 0.5) is 5.69 Å². The SMILES string of the molecule is C[C@H](CNc1cccc(CO)c1)CC1CCOCC1. The van der Waals surface area contributed by atoms with Gasteiger partial charge in [0.25, 0.3) is 0 Å². The summed E-state index contributed by atoms with van der Waals surface area (Å²) < 4.78 is 5.40. The molecule has 0 amide bonds. The average Bonchev–Trinajstić information content (AvgIpc) is 2.46. The maximum atomic E-state index is 9.12. The average molecular weight is 263 g/mol. The highest BCUT2D eigenvalue weighted by Crippen LogP contribution is 2.23. The van der Waals surface area contributed by atoms with Crippen LogP contribution < -0.4 is 5.32 Å². The van der Waals surface area contributed by atoms with Crippen molar-refractivity contribution in [1.82, 2.24) is 0 Å². The van der Waals surface area contributed by atoms with E-state index in [9.17, 15) is 0 Å². The first-order chi connectivity index (χ1) is 9.28. The summed E-state index contributed by atoms with van der Waals surface area (Å²) in [6, 6.07) is 8.00. The standard InChI is InChI=1S/C16H25NO2/c1-13(9-14-5-7-19-8-6-14)11-17-16-4-2-3-15(10-16)12-18/h2-4,10,13-14,17-18H,5-9,11-12H2,1H3/t13-/m0/s1. The Morgan fingerprint density at radius 2 is 2.16 bits per heavy atom. The van der Waals surface area contributed by atoms with Crippen LogP contribution in [0.3, 0.4) is 0 Å². The maximum Gasteiger partial charge on any atom is 0.0682 e. The van der Waals surface area contributed by atoms with Gasteiger partial charge in [0.2, 0.25) is 0 Å². The lowest BCUT2D eigenvalue weighted by Gasteiger charge is -2.25. The van der Waals surface area contributed by atoms with Crippen LogP contribution in [0.1, 0.15) is 31.7 Å². The molecule has 0 bridgehead atoms. The molecule has 0 radical (unpaired) electrons. The molecular formula is C16H25NO2. The molecule has 1 aromatic carbocycles. The number of hydrogen-bond acceptors (Lipinski definition) is 3. The van der Waals surface area contributed by atoms with Crippen molar-refractivity contribution in [2.45, 2.75) is 32.8 Å². The molecule has 0 aliphatic carbocycles. The van der Waals surface area contributed by atoms with E-state index in [1.165, 1.54) is 19.3 Å². The van der Waals surface area contributed by atoms with E-state index < -0.39 is 0 Å². The summed E-state index contributed by atoms with van der Waals surface area (Å²) in [7, 11) is 0. The molecule has 1 fully saturated rings. The lowest BCUT2D eigenvalue weighted by Crippen LogP contribution is -2.21. The van der Waals surface area contributed by atoms with Crippen molar-refractivity contribution >= 4 is 5.69 Å². The molecule has 0 spiro atoms. The molecule has 0 saturated carbocycles. The van der Waals surface area contributed by atoms with Gasteiger partial charge in [0, 0.05) is 25.4 Å². The van der Waals surface area contributed by atoms with Crippen molar-refractivity contribution in [1.29, 1.82) is 0 Å². The third kappa shape index (κ3) is 4.84. The van der Waals surface area contributed by atoms with Gasteiger partial charge in [-0.15, -0.1) is 0 Å². The summed E-state index contributed by atoms with van der Waals surface area (Å²) in [6.45, 7) is 5.27. The molecule has 1 heterocycles. The van der Waals surface area contributed by atoms with Gasteiger partial charge in [-0.05, 0) is 48.8 Å². The Labute approximate surface area is 116 Å². The molecular weight excluding hydrogens is 238 g/mol. The van der Waals surface area contributed by atoms with E-state index in [1.807, 2.05) is 18.2 Å². The highest BCUT2D eigenvalue weighted by Gasteiger charge is 2.16. The van der Waals surface area contributed by atoms with Crippen molar-refractivity contribution < 1.29 is 9.84 Å². The number of aliphatic hydroxyl groups is 1. The van der Waals surface area contributed by atoms with Gasteiger partial charge >= 0.3 is 0 Å². The summed E-state index contributed by atoms with van der Waals surface area (Å²) in [4.78, 5) is 0. The van der Waals surface area contributed by atoms with Gasteiger partial charge in [-0.3, -0.25) is 0 Å². The van der Waals surface area contributed by atoms with Crippen molar-refractivity contribution in [3.8, 4) is 0 Å². The summed E-state index contributed by atoms with van der Waals surface area (Å²) in [5, 5.41) is 12.6. The Kier molecular flexibility index (Phi) is 5.67. The van der Waals surface area contributed by atoms with Gasteiger partial charge in [0.1, 0.15) is 0 Å². The third-order valence-electron chi connectivity index (χ3n) is 3.84. The van der Waals surface area contributed by atoms with Crippen LogP contribution >= 0.6 is 0 Å². The fourth-order valence-electron chi connectivity index (χ4n) is 2.71. The minimum atomic E-state index is 0.104. The van der Waals surface area contributed by atoms with E-state index in [1.54, 1.807) is 0 Å². The van der Waals surface area contributed by atoms with Gasteiger partial charge in [0.05, 0.1) is 6.61 Å². The van der Waals surface area contributed by atoms with Gasteiger partial charge < -0.3 is 15.2 Å². The van der Waals surface area contributed by atoms with Crippen molar-refractivity contribution in [3.05, 3.63) is 29.8 Å². The van der Waals surface area contributed by atoms with Gasteiger partial charge in [-0.1, -0.05) is 19.1 Å². The summed E-state index contributed by atoms with van der Waals surface area (Å²) in [6.07, 6.45) is 3.70. The first-order valence-corrected chi connectivity index (χ1v) is 7.29. The van der Waals surface area contributed by atoms with E-state index in [0.717, 1.165) is 36.9 Å². The number of anilines is 1. The summed E-state index contributed by atoms with van der Waals surface area (Å²) >= 11 is 0. The van der Waals surface area contributed by atoms with E-state index in [0.29, 0.717) is 5.92 Å². The van der Waals surface area contributed by atoms with Gasteiger partial charge in [-0.2, -0.15) is 0 Å². The van der Waals surface area contributed by atoms with Crippen LogP contribution in [-0.4, -0.2) is 24.9 Å². The van der Waals surface area contributed by atoms with E-state index in [-0.39, 0.29) is 6.61 Å². The zero-order valence-electron chi connectivity index (χ0n) is 11.8. The molecule has 1 aliphatic heterocycles. The fourth-order valence-corrected chi connectivity index (χ4v) is 2.71. The molecule has 3 nitrogen and oxygen atoms in total. The quantitative estimate of drug-likeness (QED) is 0.829.